The smallest absolute Gasteiger partial charge is 0.249 e. The highest BCUT2D eigenvalue weighted by atomic mass is 19.1. The molecular formula is C30H36F2N4O3. The van der Waals surface area contributed by atoms with Gasteiger partial charge >= 0.3 is 0 Å². The van der Waals surface area contributed by atoms with Crippen molar-refractivity contribution < 1.29 is 23.2 Å². The van der Waals surface area contributed by atoms with Gasteiger partial charge in [0.1, 0.15) is 17.4 Å². The summed E-state index contributed by atoms with van der Waals surface area (Å²) in [5.41, 5.74) is 11.1. The molecule has 5 rings (SSSR count). The van der Waals surface area contributed by atoms with Crippen molar-refractivity contribution in [1.82, 2.24) is 10.5 Å². The van der Waals surface area contributed by atoms with E-state index in [2.05, 4.69) is 10.5 Å². The Hall–Kier alpha value is -3.30. The number of carbonyl (C=O) groups is 2. The molecule has 0 spiro atoms. The van der Waals surface area contributed by atoms with Crippen molar-refractivity contribution in [2.24, 2.45) is 17.6 Å². The van der Waals surface area contributed by atoms with E-state index in [0.717, 1.165) is 80.9 Å². The maximum atomic E-state index is 14.1. The molecule has 0 bridgehead atoms. The number of nitrogens with two attached hydrogens (primary N) is 1. The van der Waals surface area contributed by atoms with Crippen molar-refractivity contribution in [3.8, 4) is 0 Å². The van der Waals surface area contributed by atoms with Crippen LogP contribution in [0.4, 0.5) is 14.5 Å². The number of nitrogens with zero attached hydrogens (tertiary/aromatic N) is 2. The summed E-state index contributed by atoms with van der Waals surface area (Å²) < 4.78 is 27.3. The third-order valence-corrected chi connectivity index (χ3v) is 8.49. The molecule has 208 valence electrons. The number of allylic oxidation sites excluding steroid dienone is 1. The van der Waals surface area contributed by atoms with Gasteiger partial charge in [0.05, 0.1) is 17.5 Å². The van der Waals surface area contributed by atoms with Crippen LogP contribution in [0.1, 0.15) is 84.1 Å². The Balaban J connectivity index is 1.13. The minimum atomic E-state index is -0.778. The van der Waals surface area contributed by atoms with Gasteiger partial charge in [0, 0.05) is 17.5 Å². The summed E-state index contributed by atoms with van der Waals surface area (Å²) in [6.07, 6.45) is 8.46. The zero-order valence-corrected chi connectivity index (χ0v) is 22.3. The van der Waals surface area contributed by atoms with Crippen LogP contribution >= 0.6 is 0 Å². The summed E-state index contributed by atoms with van der Waals surface area (Å²) in [6, 6.07) is 8.81. The van der Waals surface area contributed by atoms with Crippen LogP contribution in [0.5, 0.6) is 0 Å². The standard InChI is InChI=1S/C30H36F2N4O3/c1-19-18-36(34-39-19)27-4-2-3-25(30(33)38)28(27)21-7-5-20(6-8-21)11-14-35-15-12-22(13-16-35)29(37)24-10-9-23(31)17-26(24)32/h2-4,9-10,17-18,20-22,34H,5-8,11-16H2,1H3,(H2,33,38). The summed E-state index contributed by atoms with van der Waals surface area (Å²) in [7, 11) is 0. The van der Waals surface area contributed by atoms with Gasteiger partial charge in [-0.25, -0.2) is 13.8 Å². The molecule has 7 nitrogen and oxygen atoms in total. The number of hydrogen-bond acceptors (Lipinski definition) is 6. The Kier molecular flexibility index (Phi) is 8.28. The normalized spacial score (nSPS) is 22.4. The number of carbonyl (C=O) groups excluding carboxylic acids is 2. The van der Waals surface area contributed by atoms with Crippen LogP contribution in [0.25, 0.3) is 0 Å². The molecule has 0 unspecified atom stereocenters. The van der Waals surface area contributed by atoms with Crippen LogP contribution in [0.15, 0.2) is 48.4 Å². The number of halogens is 2. The number of anilines is 1. The van der Waals surface area contributed by atoms with E-state index in [1.54, 1.807) is 6.07 Å². The molecule has 0 atom stereocenters. The minimum absolute atomic E-state index is 0.00753. The van der Waals surface area contributed by atoms with Gasteiger partial charge in [-0.05, 0) is 113 Å². The number of hydrazine groups is 1. The fourth-order valence-electron chi connectivity index (χ4n) is 6.31. The topological polar surface area (TPSA) is 87.9 Å². The van der Waals surface area contributed by atoms with E-state index in [1.165, 1.54) is 6.07 Å². The average molecular weight is 539 g/mol. The van der Waals surface area contributed by atoms with E-state index in [4.69, 9.17) is 10.6 Å². The maximum Gasteiger partial charge on any atom is 0.249 e. The van der Waals surface area contributed by atoms with Crippen molar-refractivity contribution in [1.29, 1.82) is 0 Å². The van der Waals surface area contributed by atoms with Crippen molar-refractivity contribution >= 4 is 17.4 Å². The van der Waals surface area contributed by atoms with Gasteiger partial charge in [-0.2, -0.15) is 0 Å². The maximum absolute atomic E-state index is 14.1. The van der Waals surface area contributed by atoms with E-state index in [1.807, 2.05) is 30.3 Å². The SMILES string of the molecule is CC1=CN(c2cccc(C(N)=O)c2C2CCC(CCN3CCC(C(=O)c4ccc(F)cc4F)CC3)CC2)NO1. The van der Waals surface area contributed by atoms with Gasteiger partial charge in [-0.1, -0.05) is 11.7 Å². The number of rotatable bonds is 8. The quantitative estimate of drug-likeness (QED) is 0.435. The molecule has 1 saturated heterocycles. The molecule has 1 saturated carbocycles. The number of likely N-dealkylation sites (tertiary alicyclic amines) is 1. The van der Waals surface area contributed by atoms with E-state index in [0.29, 0.717) is 24.3 Å². The number of amides is 1. The Bertz CT molecular complexity index is 1250. The molecule has 0 radical (unpaired) electrons. The van der Waals surface area contributed by atoms with Gasteiger partial charge in [0.2, 0.25) is 5.91 Å². The van der Waals surface area contributed by atoms with Crippen LogP contribution in [0.3, 0.4) is 0 Å². The zero-order chi connectivity index (χ0) is 27.5. The van der Waals surface area contributed by atoms with Crippen molar-refractivity contribution in [3.63, 3.8) is 0 Å². The minimum Gasteiger partial charge on any atom is -0.392 e. The van der Waals surface area contributed by atoms with Crippen molar-refractivity contribution in [2.45, 2.75) is 57.8 Å². The highest BCUT2D eigenvalue weighted by Gasteiger charge is 2.31. The number of hydrogen-bond donors (Lipinski definition) is 2. The summed E-state index contributed by atoms with van der Waals surface area (Å²) in [6.45, 7) is 4.45. The number of Topliss-reactive ketones (excluding diaryl/α,β-unsaturated/α-hetero) is 1. The van der Waals surface area contributed by atoms with E-state index in [9.17, 15) is 18.4 Å². The van der Waals surface area contributed by atoms with Gasteiger partial charge < -0.3 is 15.5 Å². The Morgan fingerprint density at radius 2 is 1.77 bits per heavy atom. The number of primary amides is 1. The molecule has 2 aromatic carbocycles. The summed E-state index contributed by atoms with van der Waals surface area (Å²) in [4.78, 5) is 32.8. The third kappa shape index (κ3) is 6.15. The summed E-state index contributed by atoms with van der Waals surface area (Å²) >= 11 is 0. The highest BCUT2D eigenvalue weighted by Crippen LogP contribution is 2.42. The lowest BCUT2D eigenvalue weighted by molar-refractivity contribution is 0.0828. The van der Waals surface area contributed by atoms with Gasteiger partial charge in [0.25, 0.3) is 0 Å². The molecule has 2 heterocycles. The number of nitrogens with one attached hydrogen (secondary N) is 1. The second-order valence-corrected chi connectivity index (χ2v) is 11.0. The Labute approximate surface area is 227 Å². The van der Waals surface area contributed by atoms with E-state index in [-0.39, 0.29) is 23.2 Å². The first-order valence-electron chi connectivity index (χ1n) is 13.8. The van der Waals surface area contributed by atoms with Crippen LogP contribution in [-0.2, 0) is 4.84 Å². The molecule has 0 aromatic heterocycles. The van der Waals surface area contributed by atoms with Crippen molar-refractivity contribution in [3.05, 3.63) is 76.7 Å². The third-order valence-electron chi connectivity index (χ3n) is 8.49. The lowest BCUT2D eigenvalue weighted by atomic mass is 9.75. The molecule has 3 N–H and O–H groups in total. The molecule has 2 aliphatic heterocycles. The first-order chi connectivity index (χ1) is 18.8. The zero-order valence-electron chi connectivity index (χ0n) is 22.3. The highest BCUT2D eigenvalue weighted by molar-refractivity contribution is 5.98. The van der Waals surface area contributed by atoms with Gasteiger partial charge in [0.15, 0.2) is 5.78 Å². The van der Waals surface area contributed by atoms with E-state index >= 15 is 0 Å². The second-order valence-electron chi connectivity index (χ2n) is 11.0. The predicted octanol–water partition coefficient (Wildman–Crippen LogP) is 5.44. The molecule has 2 aromatic rings. The molecule has 2 fully saturated rings. The number of piperidine rings is 1. The fraction of sp³-hybridized carbons (Fsp3) is 0.467. The molecule has 39 heavy (non-hydrogen) atoms. The lowest BCUT2D eigenvalue weighted by Crippen LogP contribution is -2.37. The number of ketones is 1. The van der Waals surface area contributed by atoms with Crippen LogP contribution in [0, 0.1) is 23.5 Å². The Morgan fingerprint density at radius 3 is 2.41 bits per heavy atom. The second kappa shape index (κ2) is 11.8. The molecule has 9 heteroatoms. The first-order valence-corrected chi connectivity index (χ1v) is 13.8. The van der Waals surface area contributed by atoms with E-state index < -0.39 is 17.5 Å². The molecular weight excluding hydrogens is 502 g/mol. The first kappa shape index (κ1) is 27.3. The Morgan fingerprint density at radius 1 is 1.03 bits per heavy atom. The molecule has 1 aliphatic carbocycles. The van der Waals surface area contributed by atoms with Crippen LogP contribution < -0.4 is 16.3 Å². The summed E-state index contributed by atoms with van der Waals surface area (Å²) in [5.74, 6) is -0.717. The fourth-order valence-corrected chi connectivity index (χ4v) is 6.31. The largest absolute Gasteiger partial charge is 0.392 e. The van der Waals surface area contributed by atoms with Crippen LogP contribution in [-0.4, -0.2) is 36.2 Å². The van der Waals surface area contributed by atoms with Gasteiger partial charge in [-0.15, -0.1) is 0 Å². The lowest BCUT2D eigenvalue weighted by Gasteiger charge is -2.35. The molecule has 1 amide bonds. The van der Waals surface area contributed by atoms with Gasteiger partial charge in [-0.3, -0.25) is 9.59 Å². The predicted molar refractivity (Wildman–Crippen MR) is 145 cm³/mol. The molecule has 3 aliphatic rings. The average Bonchev–Trinajstić information content (AvgIpc) is 3.38. The number of benzene rings is 2. The van der Waals surface area contributed by atoms with Crippen LogP contribution in [0.2, 0.25) is 0 Å². The monoisotopic (exact) mass is 538 g/mol. The van der Waals surface area contributed by atoms with Crippen molar-refractivity contribution in [2.75, 3.05) is 24.6 Å². The summed E-state index contributed by atoms with van der Waals surface area (Å²) in [5, 5.41) is 1.81.